The van der Waals surface area contributed by atoms with Gasteiger partial charge < -0.3 is 4.90 Å². The van der Waals surface area contributed by atoms with Gasteiger partial charge in [-0.3, -0.25) is 4.79 Å². The number of halogens is 1. The second kappa shape index (κ2) is 10.6. The first-order chi connectivity index (χ1) is 9.36. The molecule has 1 aliphatic heterocycles. The molecule has 0 aromatic carbocycles. The molecule has 2 fully saturated rings. The molecule has 1 aliphatic carbocycles. The molecule has 1 unspecified atom stereocenters. The summed E-state index contributed by atoms with van der Waals surface area (Å²) < 4.78 is 0. The standard InChI is InChI=1S/C17H31NO.ClH/c19-17-12-8-6-4-2-1-3-5-7-11-16(17)15-18-13-9-10-14-18;/h16H,1-15H2;1H. The maximum atomic E-state index is 12.4. The average Bonchev–Trinajstić information content (AvgIpc) is 2.90. The fourth-order valence-corrected chi connectivity index (χ4v) is 3.59. The molecule has 118 valence electrons. The van der Waals surface area contributed by atoms with E-state index in [1.165, 1.54) is 70.9 Å². The predicted molar refractivity (Wildman–Crippen MR) is 87.6 cm³/mol. The number of hydrogen-bond acceptors (Lipinski definition) is 2. The summed E-state index contributed by atoms with van der Waals surface area (Å²) in [4.78, 5) is 14.9. The van der Waals surface area contributed by atoms with Gasteiger partial charge in [0.2, 0.25) is 0 Å². The van der Waals surface area contributed by atoms with Gasteiger partial charge in [-0.15, -0.1) is 12.4 Å². The van der Waals surface area contributed by atoms with Crippen LogP contribution in [0.4, 0.5) is 0 Å². The van der Waals surface area contributed by atoms with Crippen molar-refractivity contribution in [2.45, 2.75) is 77.0 Å². The Hall–Kier alpha value is -0.0800. The van der Waals surface area contributed by atoms with Gasteiger partial charge in [-0.25, -0.2) is 0 Å². The lowest BCUT2D eigenvalue weighted by Crippen LogP contribution is -2.31. The second-order valence-electron chi connectivity index (χ2n) is 6.54. The molecule has 1 saturated heterocycles. The number of ketones is 1. The van der Waals surface area contributed by atoms with E-state index < -0.39 is 0 Å². The van der Waals surface area contributed by atoms with E-state index in [0.717, 1.165) is 25.8 Å². The van der Waals surface area contributed by atoms with E-state index in [0.29, 0.717) is 11.7 Å². The number of likely N-dealkylation sites (tertiary alicyclic amines) is 1. The fraction of sp³-hybridized carbons (Fsp3) is 0.941. The van der Waals surface area contributed by atoms with E-state index in [9.17, 15) is 4.79 Å². The van der Waals surface area contributed by atoms with Crippen molar-refractivity contribution in [3.63, 3.8) is 0 Å². The molecule has 1 heterocycles. The van der Waals surface area contributed by atoms with Crippen LogP contribution in [0, 0.1) is 5.92 Å². The van der Waals surface area contributed by atoms with Crippen molar-refractivity contribution in [1.82, 2.24) is 4.90 Å². The van der Waals surface area contributed by atoms with Gasteiger partial charge in [0.1, 0.15) is 5.78 Å². The minimum atomic E-state index is 0. The summed E-state index contributed by atoms with van der Waals surface area (Å²) in [5.41, 5.74) is 0. The van der Waals surface area contributed by atoms with Crippen LogP contribution in [-0.4, -0.2) is 30.3 Å². The summed E-state index contributed by atoms with van der Waals surface area (Å²) in [5, 5.41) is 0. The van der Waals surface area contributed by atoms with Crippen molar-refractivity contribution in [2.75, 3.05) is 19.6 Å². The van der Waals surface area contributed by atoms with Crippen LogP contribution in [0.25, 0.3) is 0 Å². The molecular weight excluding hydrogens is 270 g/mol. The normalized spacial score (nSPS) is 27.4. The SMILES string of the molecule is Cl.O=C1CCCCCCCCCCC1CN1CCCC1. The first kappa shape index (κ1) is 18.0. The maximum absolute atomic E-state index is 12.4. The quantitative estimate of drug-likeness (QED) is 0.742. The highest BCUT2D eigenvalue weighted by Crippen LogP contribution is 2.21. The Labute approximate surface area is 131 Å². The van der Waals surface area contributed by atoms with E-state index in [1.807, 2.05) is 0 Å². The molecule has 3 heteroatoms. The van der Waals surface area contributed by atoms with Crippen LogP contribution in [0.15, 0.2) is 0 Å². The molecule has 2 aliphatic rings. The summed E-state index contributed by atoms with van der Waals surface area (Å²) in [6.45, 7) is 3.51. The van der Waals surface area contributed by atoms with Gasteiger partial charge in [0.15, 0.2) is 0 Å². The number of hydrogen-bond donors (Lipinski definition) is 0. The minimum absolute atomic E-state index is 0. The molecule has 0 N–H and O–H groups in total. The van der Waals surface area contributed by atoms with Gasteiger partial charge in [-0.2, -0.15) is 0 Å². The first-order valence-corrected chi connectivity index (χ1v) is 8.61. The third-order valence-corrected chi connectivity index (χ3v) is 4.86. The van der Waals surface area contributed by atoms with Crippen molar-refractivity contribution in [3.05, 3.63) is 0 Å². The van der Waals surface area contributed by atoms with Crippen LogP contribution in [0.5, 0.6) is 0 Å². The molecule has 1 saturated carbocycles. The largest absolute Gasteiger partial charge is 0.303 e. The van der Waals surface area contributed by atoms with Crippen LogP contribution in [0.3, 0.4) is 0 Å². The Bertz CT molecular complexity index is 264. The molecule has 1 atom stereocenters. The zero-order chi connectivity index (χ0) is 13.3. The lowest BCUT2D eigenvalue weighted by molar-refractivity contribution is -0.123. The highest BCUT2D eigenvalue weighted by atomic mass is 35.5. The van der Waals surface area contributed by atoms with E-state index in [-0.39, 0.29) is 12.4 Å². The smallest absolute Gasteiger partial charge is 0.137 e. The Balaban J connectivity index is 0.00000200. The van der Waals surface area contributed by atoms with Gasteiger partial charge in [0, 0.05) is 18.9 Å². The zero-order valence-corrected chi connectivity index (χ0v) is 13.8. The van der Waals surface area contributed by atoms with Crippen molar-refractivity contribution < 1.29 is 4.79 Å². The van der Waals surface area contributed by atoms with Crippen LogP contribution < -0.4 is 0 Å². The Morgan fingerprint density at radius 2 is 1.35 bits per heavy atom. The molecule has 0 amide bonds. The summed E-state index contributed by atoms with van der Waals surface area (Å²) in [7, 11) is 0. The highest BCUT2D eigenvalue weighted by molar-refractivity contribution is 5.85. The summed E-state index contributed by atoms with van der Waals surface area (Å²) in [5.74, 6) is 0.907. The van der Waals surface area contributed by atoms with Crippen LogP contribution in [-0.2, 0) is 4.79 Å². The summed E-state index contributed by atoms with van der Waals surface area (Å²) in [6, 6.07) is 0. The number of rotatable bonds is 2. The van der Waals surface area contributed by atoms with Crippen molar-refractivity contribution in [1.29, 1.82) is 0 Å². The maximum Gasteiger partial charge on any atom is 0.137 e. The van der Waals surface area contributed by atoms with Crippen LogP contribution in [0.2, 0.25) is 0 Å². The monoisotopic (exact) mass is 301 g/mol. The topological polar surface area (TPSA) is 20.3 Å². The summed E-state index contributed by atoms with van der Waals surface area (Å²) >= 11 is 0. The third kappa shape index (κ3) is 6.58. The van der Waals surface area contributed by atoms with Gasteiger partial charge in [-0.05, 0) is 38.8 Å². The first-order valence-electron chi connectivity index (χ1n) is 8.61. The Morgan fingerprint density at radius 3 is 2.00 bits per heavy atom. The molecule has 2 rings (SSSR count). The Morgan fingerprint density at radius 1 is 0.800 bits per heavy atom. The van der Waals surface area contributed by atoms with Crippen LogP contribution in [0.1, 0.15) is 77.0 Å². The van der Waals surface area contributed by atoms with E-state index in [1.54, 1.807) is 0 Å². The number of nitrogens with zero attached hydrogens (tertiary/aromatic N) is 1. The predicted octanol–water partition coefficient (Wildman–Crippen LogP) is 4.60. The van der Waals surface area contributed by atoms with Gasteiger partial charge in [0.25, 0.3) is 0 Å². The number of carbonyl (C=O) groups excluding carboxylic acids is 1. The third-order valence-electron chi connectivity index (χ3n) is 4.86. The van der Waals surface area contributed by atoms with Gasteiger partial charge in [-0.1, -0.05) is 44.9 Å². The Kier molecular flexibility index (Phi) is 9.54. The van der Waals surface area contributed by atoms with Crippen molar-refractivity contribution >= 4 is 18.2 Å². The molecule has 0 aromatic heterocycles. The molecule has 0 aromatic rings. The van der Waals surface area contributed by atoms with Crippen LogP contribution >= 0.6 is 12.4 Å². The van der Waals surface area contributed by atoms with Gasteiger partial charge >= 0.3 is 0 Å². The fourth-order valence-electron chi connectivity index (χ4n) is 3.59. The molecule has 0 bridgehead atoms. The molecule has 0 spiro atoms. The average molecular weight is 302 g/mol. The van der Waals surface area contributed by atoms with E-state index in [4.69, 9.17) is 0 Å². The second-order valence-corrected chi connectivity index (χ2v) is 6.54. The lowest BCUT2D eigenvalue weighted by atomic mass is 9.91. The molecule has 2 nitrogen and oxygen atoms in total. The highest BCUT2D eigenvalue weighted by Gasteiger charge is 2.22. The zero-order valence-electron chi connectivity index (χ0n) is 12.9. The lowest BCUT2D eigenvalue weighted by Gasteiger charge is -2.23. The number of Topliss-reactive ketones (excluding diaryl/α,β-unsaturated/α-hetero) is 1. The van der Waals surface area contributed by atoms with Gasteiger partial charge in [0.05, 0.1) is 0 Å². The van der Waals surface area contributed by atoms with E-state index in [2.05, 4.69) is 4.90 Å². The minimum Gasteiger partial charge on any atom is -0.303 e. The summed E-state index contributed by atoms with van der Waals surface area (Å²) in [6.07, 6.45) is 15.2. The van der Waals surface area contributed by atoms with E-state index >= 15 is 0 Å². The molecule has 0 radical (unpaired) electrons. The van der Waals surface area contributed by atoms with Crippen molar-refractivity contribution in [2.24, 2.45) is 5.92 Å². The molecule has 20 heavy (non-hydrogen) atoms. The molecular formula is C17H32ClNO. The number of carbonyl (C=O) groups is 1. The van der Waals surface area contributed by atoms with Crippen molar-refractivity contribution in [3.8, 4) is 0 Å².